The number of aliphatic hydroxyl groups is 1. The summed E-state index contributed by atoms with van der Waals surface area (Å²) in [5.74, 6) is 2.60. The largest absolute Gasteiger partial charge is 0.497 e. The zero-order valence-corrected chi connectivity index (χ0v) is 40.7. The normalized spacial score (nSPS) is 12.5. The number of aromatic nitrogens is 6. The molecule has 15 heteroatoms. The molecule has 0 spiro atoms. The standard InChI is InChI=1S/C53H56ClN7O6S/c1-58-51-43(42(11-9-25-62)52(58)53(63)66-5)21-22-44(54)48(51)49-45(57-61-24-7-6-12-46(49)61)31-60(29-34-13-17-39(64-3)18-14-34)30-37-27-38(59(2)56-37)33-68-41-26-36-10-8-23-55-50(36)47(28-41)67-32-35-15-19-40(65-4)20-16-35/h8,10,13-23,26-28,62H,6-7,9,11-12,24-25,29-33H2,1-5H3. The maximum atomic E-state index is 13.4. The molecular formula is C53H56ClN7O6S. The molecule has 0 fully saturated rings. The fraction of sp³-hybridized carbons (Fsp3) is 0.321. The number of benzene rings is 4. The van der Waals surface area contributed by atoms with Gasteiger partial charge in [0.15, 0.2) is 0 Å². The number of pyridine rings is 1. The van der Waals surface area contributed by atoms with Crippen LogP contribution in [0.25, 0.3) is 32.9 Å². The van der Waals surface area contributed by atoms with Crippen molar-refractivity contribution >= 4 is 51.1 Å². The minimum atomic E-state index is -0.427. The first-order chi connectivity index (χ1) is 33.2. The third-order valence-electron chi connectivity index (χ3n) is 12.7. The smallest absolute Gasteiger partial charge is 0.354 e. The molecule has 4 aromatic heterocycles. The van der Waals surface area contributed by atoms with Gasteiger partial charge in [-0.05, 0) is 103 Å². The lowest BCUT2D eigenvalue weighted by Crippen LogP contribution is -2.23. The predicted molar refractivity (Wildman–Crippen MR) is 267 cm³/mol. The average molecular weight is 955 g/mol. The van der Waals surface area contributed by atoms with Crippen LogP contribution in [0.1, 0.15) is 69.2 Å². The summed E-state index contributed by atoms with van der Waals surface area (Å²) in [5.41, 5.74) is 11.1. The van der Waals surface area contributed by atoms with Crippen LogP contribution in [0, 0.1) is 0 Å². The molecule has 352 valence electrons. The summed E-state index contributed by atoms with van der Waals surface area (Å²) in [6.07, 6.45) is 5.73. The van der Waals surface area contributed by atoms with Gasteiger partial charge in [-0.2, -0.15) is 10.2 Å². The van der Waals surface area contributed by atoms with E-state index in [1.54, 1.807) is 32.2 Å². The highest BCUT2D eigenvalue weighted by molar-refractivity contribution is 7.98. The maximum Gasteiger partial charge on any atom is 0.354 e. The summed E-state index contributed by atoms with van der Waals surface area (Å²) < 4.78 is 28.6. The monoisotopic (exact) mass is 953 g/mol. The Hall–Kier alpha value is -6.32. The zero-order valence-electron chi connectivity index (χ0n) is 39.1. The number of halogens is 1. The molecule has 4 aromatic carbocycles. The molecule has 0 atom stereocenters. The number of hydrogen-bond donors (Lipinski definition) is 1. The Bertz CT molecular complexity index is 3070. The molecule has 9 rings (SSSR count). The molecule has 0 aliphatic carbocycles. The Morgan fingerprint density at radius 1 is 0.868 bits per heavy atom. The maximum absolute atomic E-state index is 13.4. The summed E-state index contributed by atoms with van der Waals surface area (Å²) in [4.78, 5) is 21.5. The van der Waals surface area contributed by atoms with Crippen LogP contribution >= 0.6 is 23.4 Å². The minimum Gasteiger partial charge on any atom is -0.497 e. The Morgan fingerprint density at radius 3 is 2.37 bits per heavy atom. The molecule has 1 N–H and O–H groups in total. The van der Waals surface area contributed by atoms with Crippen molar-refractivity contribution in [1.82, 2.24) is 34.0 Å². The van der Waals surface area contributed by atoms with Gasteiger partial charge in [-0.3, -0.25) is 19.2 Å². The van der Waals surface area contributed by atoms with Crippen LogP contribution in [0.3, 0.4) is 0 Å². The molecule has 5 heterocycles. The lowest BCUT2D eigenvalue weighted by molar-refractivity contribution is 0.0589. The first-order valence-electron chi connectivity index (χ1n) is 22.9. The van der Waals surface area contributed by atoms with Gasteiger partial charge in [0.1, 0.15) is 35.1 Å². The van der Waals surface area contributed by atoms with Gasteiger partial charge in [0.25, 0.3) is 0 Å². The van der Waals surface area contributed by atoms with Crippen molar-refractivity contribution in [1.29, 1.82) is 0 Å². The van der Waals surface area contributed by atoms with Crippen LogP contribution in [0.5, 0.6) is 17.2 Å². The lowest BCUT2D eigenvalue weighted by Gasteiger charge is -2.22. The number of aliphatic hydroxyl groups excluding tert-OH is 1. The minimum absolute atomic E-state index is 0.00441. The topological polar surface area (TPSA) is 131 Å². The van der Waals surface area contributed by atoms with E-state index in [0.717, 1.165) is 120 Å². The number of thioether (sulfide) groups is 1. The molecule has 0 saturated heterocycles. The molecule has 0 saturated carbocycles. The Morgan fingerprint density at radius 2 is 1.63 bits per heavy atom. The first kappa shape index (κ1) is 46.8. The van der Waals surface area contributed by atoms with Crippen molar-refractivity contribution < 1.29 is 28.8 Å². The fourth-order valence-electron chi connectivity index (χ4n) is 9.40. The fourth-order valence-corrected chi connectivity index (χ4v) is 10.6. The van der Waals surface area contributed by atoms with Gasteiger partial charge in [-0.15, -0.1) is 11.8 Å². The predicted octanol–water partition coefficient (Wildman–Crippen LogP) is 10.1. The van der Waals surface area contributed by atoms with Gasteiger partial charge in [-0.25, -0.2) is 4.79 Å². The first-order valence-corrected chi connectivity index (χ1v) is 24.2. The molecule has 0 amide bonds. The van der Waals surface area contributed by atoms with Gasteiger partial charge in [0.05, 0.1) is 43.3 Å². The number of rotatable bonds is 19. The van der Waals surface area contributed by atoms with Gasteiger partial charge in [0.2, 0.25) is 0 Å². The highest BCUT2D eigenvalue weighted by atomic mass is 35.5. The Labute approximate surface area is 405 Å². The molecule has 1 aliphatic rings. The van der Waals surface area contributed by atoms with Crippen molar-refractivity contribution in [3.05, 3.63) is 147 Å². The third-order valence-corrected chi connectivity index (χ3v) is 14.0. The second-order valence-electron chi connectivity index (χ2n) is 17.1. The third kappa shape index (κ3) is 9.82. The van der Waals surface area contributed by atoms with Crippen LogP contribution in [0.15, 0.2) is 102 Å². The molecule has 8 aromatic rings. The quantitative estimate of drug-likeness (QED) is 0.0614. The second kappa shape index (κ2) is 20.9. The van der Waals surface area contributed by atoms with E-state index in [9.17, 15) is 9.90 Å². The van der Waals surface area contributed by atoms with Crippen LogP contribution in [-0.2, 0) is 70.2 Å². The van der Waals surface area contributed by atoms with E-state index < -0.39 is 5.97 Å². The summed E-state index contributed by atoms with van der Waals surface area (Å²) in [5, 5.41) is 22.8. The van der Waals surface area contributed by atoms with Gasteiger partial charge < -0.3 is 28.6 Å². The SMILES string of the molecule is COC(=O)c1c(CCCO)c2ccc(Cl)c(-c3c(CN(Cc4ccc(OC)cc4)Cc4cc(CSc5cc(OCc6ccc(OC)cc6)c6ncccc6c5)n(C)n4)nn4c3CCCC4)c2n1C. The van der Waals surface area contributed by atoms with E-state index in [1.807, 2.05) is 77.9 Å². The number of esters is 1. The Kier molecular flexibility index (Phi) is 14.4. The Balaban J connectivity index is 1.03. The van der Waals surface area contributed by atoms with E-state index in [2.05, 4.69) is 51.0 Å². The summed E-state index contributed by atoms with van der Waals surface area (Å²) in [7, 11) is 8.64. The van der Waals surface area contributed by atoms with Crippen LogP contribution in [0.2, 0.25) is 5.02 Å². The van der Waals surface area contributed by atoms with E-state index in [4.69, 9.17) is 40.7 Å². The lowest BCUT2D eigenvalue weighted by atomic mass is 9.95. The van der Waals surface area contributed by atoms with Crippen molar-refractivity contribution in [3.63, 3.8) is 0 Å². The number of carbonyl (C=O) groups excluding carboxylic acids is 1. The zero-order chi connectivity index (χ0) is 47.3. The molecule has 0 radical (unpaired) electrons. The molecule has 13 nitrogen and oxygen atoms in total. The highest BCUT2D eigenvalue weighted by Gasteiger charge is 2.30. The van der Waals surface area contributed by atoms with E-state index >= 15 is 0 Å². The number of aryl methyl sites for hydroxylation is 4. The highest BCUT2D eigenvalue weighted by Crippen LogP contribution is 2.44. The number of carbonyl (C=O) groups is 1. The molecule has 0 bridgehead atoms. The van der Waals surface area contributed by atoms with E-state index in [1.165, 1.54) is 7.11 Å². The number of methoxy groups -OCH3 is 3. The van der Waals surface area contributed by atoms with Crippen LogP contribution < -0.4 is 14.2 Å². The van der Waals surface area contributed by atoms with Crippen LogP contribution in [-0.4, -0.2) is 73.0 Å². The number of nitrogens with zero attached hydrogens (tertiary/aromatic N) is 7. The molecule has 0 unspecified atom stereocenters. The summed E-state index contributed by atoms with van der Waals surface area (Å²) in [6, 6.07) is 30.4. The number of ether oxygens (including phenoxy) is 4. The summed E-state index contributed by atoms with van der Waals surface area (Å²) >= 11 is 9.04. The van der Waals surface area contributed by atoms with Gasteiger partial charge in [-0.1, -0.05) is 48.0 Å². The molecule has 68 heavy (non-hydrogen) atoms. The van der Waals surface area contributed by atoms with E-state index in [0.29, 0.717) is 55.6 Å². The van der Waals surface area contributed by atoms with Crippen molar-refractivity contribution in [2.24, 2.45) is 14.1 Å². The van der Waals surface area contributed by atoms with Crippen LogP contribution in [0.4, 0.5) is 0 Å². The van der Waals surface area contributed by atoms with Gasteiger partial charge in [0, 0.05) is 97.0 Å². The molecular weight excluding hydrogens is 898 g/mol. The van der Waals surface area contributed by atoms with E-state index in [-0.39, 0.29) is 6.61 Å². The molecule has 1 aliphatic heterocycles. The van der Waals surface area contributed by atoms with Crippen molar-refractivity contribution in [2.75, 3.05) is 27.9 Å². The number of fused-ring (bicyclic) bond motifs is 3. The summed E-state index contributed by atoms with van der Waals surface area (Å²) in [6.45, 7) is 2.90. The average Bonchev–Trinajstić information content (AvgIpc) is 4.00. The second-order valence-corrected chi connectivity index (χ2v) is 18.6. The van der Waals surface area contributed by atoms with Crippen molar-refractivity contribution in [2.45, 2.75) is 75.5 Å². The van der Waals surface area contributed by atoms with Crippen molar-refractivity contribution in [3.8, 4) is 28.4 Å². The number of hydrogen-bond acceptors (Lipinski definition) is 11. The van der Waals surface area contributed by atoms with Gasteiger partial charge >= 0.3 is 5.97 Å².